The van der Waals surface area contributed by atoms with E-state index in [1.54, 1.807) is 38.3 Å². The SMILES string of the molecule is CCOC(=O)c1c(-c2ccc(OC)cc2)csc1NC(=O)CCNC(=O)c1ccccc1C. The number of ether oxygens (including phenoxy) is 2. The zero-order valence-corrected chi connectivity index (χ0v) is 19.6. The van der Waals surface area contributed by atoms with E-state index in [9.17, 15) is 14.4 Å². The number of carbonyl (C=O) groups is 3. The molecule has 8 heteroatoms. The predicted molar refractivity (Wildman–Crippen MR) is 129 cm³/mol. The highest BCUT2D eigenvalue weighted by Gasteiger charge is 2.23. The Balaban J connectivity index is 1.69. The van der Waals surface area contributed by atoms with Crippen LogP contribution in [0.25, 0.3) is 11.1 Å². The van der Waals surface area contributed by atoms with Crippen LogP contribution >= 0.6 is 11.3 Å². The van der Waals surface area contributed by atoms with Gasteiger partial charge in [0.15, 0.2) is 0 Å². The first-order valence-electron chi connectivity index (χ1n) is 10.5. The summed E-state index contributed by atoms with van der Waals surface area (Å²) in [5.41, 5.74) is 3.22. The van der Waals surface area contributed by atoms with Gasteiger partial charge in [0.05, 0.1) is 13.7 Å². The molecule has 0 saturated heterocycles. The van der Waals surface area contributed by atoms with Gasteiger partial charge in [0.1, 0.15) is 16.3 Å². The fourth-order valence-corrected chi connectivity index (χ4v) is 4.21. The van der Waals surface area contributed by atoms with Gasteiger partial charge in [-0.05, 0) is 43.2 Å². The average molecular weight is 467 g/mol. The number of carbonyl (C=O) groups excluding carboxylic acids is 3. The highest BCUT2D eigenvalue weighted by Crippen LogP contribution is 2.37. The van der Waals surface area contributed by atoms with Crippen LogP contribution in [0.1, 0.15) is 39.6 Å². The van der Waals surface area contributed by atoms with E-state index < -0.39 is 5.97 Å². The lowest BCUT2D eigenvalue weighted by atomic mass is 10.0. The Kier molecular flexibility index (Phi) is 8.21. The molecule has 172 valence electrons. The average Bonchev–Trinajstić information content (AvgIpc) is 3.23. The van der Waals surface area contributed by atoms with Crippen molar-refractivity contribution in [1.82, 2.24) is 5.32 Å². The Morgan fingerprint density at radius 3 is 2.42 bits per heavy atom. The van der Waals surface area contributed by atoms with Crippen LogP contribution in [0.15, 0.2) is 53.9 Å². The number of esters is 1. The predicted octanol–water partition coefficient (Wildman–Crippen LogP) is 4.67. The summed E-state index contributed by atoms with van der Waals surface area (Å²) >= 11 is 1.25. The maximum absolute atomic E-state index is 12.7. The Morgan fingerprint density at radius 2 is 1.76 bits per heavy atom. The number of methoxy groups -OCH3 is 1. The summed E-state index contributed by atoms with van der Waals surface area (Å²) in [5, 5.41) is 7.77. The van der Waals surface area contributed by atoms with Gasteiger partial charge in [0.2, 0.25) is 5.91 Å². The number of amides is 2. The number of nitrogens with one attached hydrogen (secondary N) is 2. The smallest absolute Gasteiger partial charge is 0.341 e. The van der Waals surface area contributed by atoms with Gasteiger partial charge in [-0.25, -0.2) is 4.79 Å². The molecule has 1 heterocycles. The number of rotatable bonds is 9. The van der Waals surface area contributed by atoms with Crippen LogP contribution in [-0.4, -0.2) is 38.0 Å². The van der Waals surface area contributed by atoms with Crippen LogP contribution in [0.5, 0.6) is 5.75 Å². The second-order valence-corrected chi connectivity index (χ2v) is 8.05. The Bertz CT molecular complexity index is 1140. The molecule has 0 saturated carbocycles. The van der Waals surface area contributed by atoms with E-state index in [-0.39, 0.29) is 31.4 Å². The minimum atomic E-state index is -0.507. The Morgan fingerprint density at radius 1 is 1.03 bits per heavy atom. The number of thiophene rings is 1. The molecule has 0 bridgehead atoms. The van der Waals surface area contributed by atoms with E-state index in [4.69, 9.17) is 9.47 Å². The second-order valence-electron chi connectivity index (χ2n) is 7.17. The van der Waals surface area contributed by atoms with Crippen LogP contribution in [0.2, 0.25) is 0 Å². The van der Waals surface area contributed by atoms with Crippen LogP contribution < -0.4 is 15.4 Å². The number of hydrogen-bond donors (Lipinski definition) is 2. The lowest BCUT2D eigenvalue weighted by Crippen LogP contribution is -2.28. The molecular formula is C25H26N2O5S. The normalized spacial score (nSPS) is 10.4. The maximum Gasteiger partial charge on any atom is 0.341 e. The molecule has 0 atom stereocenters. The molecule has 2 aromatic carbocycles. The van der Waals surface area contributed by atoms with Gasteiger partial charge >= 0.3 is 5.97 Å². The van der Waals surface area contributed by atoms with Crippen LogP contribution in [0, 0.1) is 6.92 Å². The standard InChI is InChI=1S/C25H26N2O5S/c1-4-32-25(30)22-20(17-9-11-18(31-3)12-10-17)15-33-24(22)27-21(28)13-14-26-23(29)19-8-6-5-7-16(19)2/h5-12,15H,4,13-14H2,1-3H3,(H,26,29)(H,27,28). The third-order valence-corrected chi connectivity index (χ3v) is 5.85. The van der Waals surface area contributed by atoms with Gasteiger partial charge in [0.25, 0.3) is 5.91 Å². The number of anilines is 1. The highest BCUT2D eigenvalue weighted by molar-refractivity contribution is 7.15. The first-order chi connectivity index (χ1) is 15.9. The minimum Gasteiger partial charge on any atom is -0.497 e. The van der Waals surface area contributed by atoms with Crippen LogP contribution in [0.4, 0.5) is 5.00 Å². The molecular weight excluding hydrogens is 440 g/mol. The molecule has 7 nitrogen and oxygen atoms in total. The molecule has 2 amide bonds. The van der Waals surface area contributed by atoms with Gasteiger partial charge in [-0.15, -0.1) is 11.3 Å². The van der Waals surface area contributed by atoms with Gasteiger partial charge < -0.3 is 20.1 Å². The third-order valence-electron chi connectivity index (χ3n) is 4.95. The molecule has 0 spiro atoms. The molecule has 2 N–H and O–H groups in total. The first-order valence-corrected chi connectivity index (χ1v) is 11.4. The summed E-state index contributed by atoms with van der Waals surface area (Å²) in [5.74, 6) is -0.347. The van der Waals surface area contributed by atoms with Gasteiger partial charge in [-0.1, -0.05) is 30.3 Å². The van der Waals surface area contributed by atoms with E-state index in [1.165, 1.54) is 11.3 Å². The molecule has 0 radical (unpaired) electrons. The fourth-order valence-electron chi connectivity index (χ4n) is 3.24. The van der Waals surface area contributed by atoms with Gasteiger partial charge in [0, 0.05) is 29.5 Å². The van der Waals surface area contributed by atoms with E-state index in [0.29, 0.717) is 27.4 Å². The topological polar surface area (TPSA) is 93.7 Å². The van der Waals surface area contributed by atoms with Crippen molar-refractivity contribution in [2.45, 2.75) is 20.3 Å². The van der Waals surface area contributed by atoms with Crippen molar-refractivity contribution >= 4 is 34.1 Å². The molecule has 0 aliphatic heterocycles. The van der Waals surface area contributed by atoms with Crippen LogP contribution in [-0.2, 0) is 9.53 Å². The fraction of sp³-hybridized carbons (Fsp3) is 0.240. The summed E-state index contributed by atoms with van der Waals surface area (Å²) in [7, 11) is 1.58. The number of benzene rings is 2. The first kappa shape index (κ1) is 24.0. The van der Waals surface area contributed by atoms with Crippen molar-refractivity contribution in [3.05, 3.63) is 70.6 Å². The van der Waals surface area contributed by atoms with E-state index >= 15 is 0 Å². The largest absolute Gasteiger partial charge is 0.497 e. The summed E-state index contributed by atoms with van der Waals surface area (Å²) in [6.07, 6.45) is 0.0651. The molecule has 3 rings (SSSR count). The quantitative estimate of drug-likeness (QED) is 0.447. The number of hydrogen-bond acceptors (Lipinski definition) is 6. The maximum atomic E-state index is 12.7. The minimum absolute atomic E-state index is 0.0651. The zero-order valence-electron chi connectivity index (χ0n) is 18.8. The summed E-state index contributed by atoms with van der Waals surface area (Å²) in [6.45, 7) is 3.97. The molecule has 33 heavy (non-hydrogen) atoms. The summed E-state index contributed by atoms with van der Waals surface area (Å²) < 4.78 is 10.4. The van der Waals surface area contributed by atoms with Crippen molar-refractivity contribution < 1.29 is 23.9 Å². The molecule has 0 aliphatic rings. The van der Waals surface area contributed by atoms with Crippen molar-refractivity contribution in [3.63, 3.8) is 0 Å². The van der Waals surface area contributed by atoms with E-state index in [1.807, 2.05) is 36.6 Å². The van der Waals surface area contributed by atoms with E-state index in [2.05, 4.69) is 10.6 Å². The van der Waals surface area contributed by atoms with Gasteiger partial charge in [-0.3, -0.25) is 9.59 Å². The number of aryl methyl sites for hydroxylation is 1. The van der Waals surface area contributed by atoms with Crippen molar-refractivity contribution in [1.29, 1.82) is 0 Å². The van der Waals surface area contributed by atoms with Gasteiger partial charge in [-0.2, -0.15) is 0 Å². The second kappa shape index (κ2) is 11.3. The highest BCUT2D eigenvalue weighted by atomic mass is 32.1. The third kappa shape index (κ3) is 5.98. The Labute approximate surface area is 196 Å². The molecule has 0 fully saturated rings. The zero-order chi connectivity index (χ0) is 23.8. The monoisotopic (exact) mass is 466 g/mol. The van der Waals surface area contributed by atoms with Crippen molar-refractivity contribution in [2.24, 2.45) is 0 Å². The van der Waals surface area contributed by atoms with E-state index in [0.717, 1.165) is 11.1 Å². The van der Waals surface area contributed by atoms with Crippen molar-refractivity contribution in [2.75, 3.05) is 25.6 Å². The lowest BCUT2D eigenvalue weighted by molar-refractivity contribution is -0.116. The Hall–Kier alpha value is -3.65. The molecule has 0 aliphatic carbocycles. The summed E-state index contributed by atoms with van der Waals surface area (Å²) in [4.78, 5) is 37.5. The molecule has 1 aromatic heterocycles. The lowest BCUT2D eigenvalue weighted by Gasteiger charge is -2.10. The molecule has 0 unspecified atom stereocenters. The summed E-state index contributed by atoms with van der Waals surface area (Å²) in [6, 6.07) is 14.5. The van der Waals surface area contributed by atoms with Crippen LogP contribution in [0.3, 0.4) is 0 Å². The molecule has 3 aromatic rings. The van der Waals surface area contributed by atoms with Crippen molar-refractivity contribution in [3.8, 4) is 16.9 Å².